The van der Waals surface area contributed by atoms with Crippen molar-refractivity contribution < 1.29 is 0 Å². The minimum Gasteiger partial charge on any atom is -0.347 e. The van der Waals surface area contributed by atoms with Crippen LogP contribution in [0, 0.1) is 0 Å². The van der Waals surface area contributed by atoms with Crippen LogP contribution in [0.25, 0.3) is 16.7 Å². The SMILES string of the molecule is c1cn2c(ccc3cc[nH]c32)n1. The molecule has 3 aromatic heterocycles. The van der Waals surface area contributed by atoms with Crippen molar-refractivity contribution in [1.82, 2.24) is 14.4 Å². The molecule has 0 spiro atoms. The van der Waals surface area contributed by atoms with Gasteiger partial charge in [-0.1, -0.05) is 0 Å². The molecular weight excluding hydrogens is 150 g/mol. The largest absolute Gasteiger partial charge is 0.347 e. The van der Waals surface area contributed by atoms with Crippen molar-refractivity contribution in [3.05, 3.63) is 36.8 Å². The Labute approximate surface area is 68.7 Å². The quantitative estimate of drug-likeness (QED) is 0.530. The van der Waals surface area contributed by atoms with Crippen LogP contribution in [0.15, 0.2) is 36.8 Å². The van der Waals surface area contributed by atoms with Gasteiger partial charge in [0.15, 0.2) is 0 Å². The molecule has 0 atom stereocenters. The molecule has 3 nitrogen and oxygen atoms in total. The lowest BCUT2D eigenvalue weighted by Gasteiger charge is -1.94. The van der Waals surface area contributed by atoms with Crippen LogP contribution in [0.5, 0.6) is 0 Å². The van der Waals surface area contributed by atoms with Gasteiger partial charge in [0.25, 0.3) is 0 Å². The molecule has 0 saturated carbocycles. The molecule has 0 aromatic carbocycles. The van der Waals surface area contributed by atoms with E-state index in [1.54, 1.807) is 6.20 Å². The Kier molecular flexibility index (Phi) is 0.913. The highest BCUT2D eigenvalue weighted by Gasteiger charge is 1.98. The first-order valence-electron chi connectivity index (χ1n) is 3.84. The molecule has 0 aliphatic carbocycles. The van der Waals surface area contributed by atoms with Gasteiger partial charge in [-0.15, -0.1) is 0 Å². The monoisotopic (exact) mass is 157 g/mol. The van der Waals surface area contributed by atoms with Gasteiger partial charge in [-0.2, -0.15) is 0 Å². The maximum Gasteiger partial charge on any atom is 0.138 e. The van der Waals surface area contributed by atoms with E-state index in [9.17, 15) is 0 Å². The lowest BCUT2D eigenvalue weighted by Crippen LogP contribution is -1.84. The van der Waals surface area contributed by atoms with E-state index in [2.05, 4.69) is 22.1 Å². The summed E-state index contributed by atoms with van der Waals surface area (Å²) >= 11 is 0. The highest BCUT2D eigenvalue weighted by Crippen LogP contribution is 2.13. The first-order valence-corrected chi connectivity index (χ1v) is 3.84. The summed E-state index contributed by atoms with van der Waals surface area (Å²) in [6.07, 6.45) is 5.69. The Morgan fingerprint density at radius 1 is 1.25 bits per heavy atom. The summed E-state index contributed by atoms with van der Waals surface area (Å²) in [5.41, 5.74) is 2.08. The number of aromatic nitrogens is 3. The van der Waals surface area contributed by atoms with Crippen molar-refractivity contribution in [3.63, 3.8) is 0 Å². The van der Waals surface area contributed by atoms with Crippen molar-refractivity contribution in [3.8, 4) is 0 Å². The Morgan fingerprint density at radius 3 is 3.25 bits per heavy atom. The zero-order valence-electron chi connectivity index (χ0n) is 6.36. The normalized spacial score (nSPS) is 11.3. The molecule has 0 bridgehead atoms. The second kappa shape index (κ2) is 1.88. The molecule has 0 aliphatic rings. The molecule has 3 heterocycles. The van der Waals surface area contributed by atoms with Crippen LogP contribution in [0.2, 0.25) is 0 Å². The Morgan fingerprint density at radius 2 is 2.25 bits per heavy atom. The van der Waals surface area contributed by atoms with Crippen molar-refractivity contribution in [2.75, 3.05) is 0 Å². The molecule has 0 amide bonds. The summed E-state index contributed by atoms with van der Waals surface area (Å²) in [6.45, 7) is 0. The number of nitrogens with zero attached hydrogens (tertiary/aromatic N) is 2. The topological polar surface area (TPSA) is 33.1 Å². The van der Waals surface area contributed by atoms with Crippen molar-refractivity contribution in [2.45, 2.75) is 0 Å². The van der Waals surface area contributed by atoms with E-state index in [0.29, 0.717) is 0 Å². The average molecular weight is 157 g/mol. The second-order valence-corrected chi connectivity index (χ2v) is 2.77. The molecule has 0 fully saturated rings. The van der Waals surface area contributed by atoms with Gasteiger partial charge in [-0.25, -0.2) is 4.98 Å². The van der Waals surface area contributed by atoms with Crippen LogP contribution in [0.1, 0.15) is 0 Å². The van der Waals surface area contributed by atoms with Gasteiger partial charge >= 0.3 is 0 Å². The van der Waals surface area contributed by atoms with Gasteiger partial charge in [0.2, 0.25) is 0 Å². The number of hydrogen-bond acceptors (Lipinski definition) is 1. The molecule has 0 saturated heterocycles. The first-order chi connectivity index (χ1) is 5.95. The average Bonchev–Trinajstić information content (AvgIpc) is 2.71. The minimum atomic E-state index is 0.977. The maximum absolute atomic E-state index is 4.19. The maximum atomic E-state index is 4.19. The third-order valence-electron chi connectivity index (χ3n) is 2.08. The molecule has 3 rings (SSSR count). The van der Waals surface area contributed by atoms with E-state index < -0.39 is 0 Å². The molecule has 1 N–H and O–H groups in total. The van der Waals surface area contributed by atoms with Crippen molar-refractivity contribution >= 4 is 16.7 Å². The van der Waals surface area contributed by atoms with Crippen molar-refractivity contribution in [2.24, 2.45) is 0 Å². The van der Waals surface area contributed by atoms with Crippen molar-refractivity contribution in [1.29, 1.82) is 0 Å². The van der Waals surface area contributed by atoms with Crippen LogP contribution in [-0.4, -0.2) is 14.4 Å². The number of fused-ring (bicyclic) bond motifs is 3. The molecule has 0 radical (unpaired) electrons. The fourth-order valence-electron chi connectivity index (χ4n) is 1.51. The summed E-state index contributed by atoms with van der Waals surface area (Å²) in [6, 6.07) is 6.12. The Balaban J connectivity index is 2.71. The van der Waals surface area contributed by atoms with E-state index in [4.69, 9.17) is 0 Å². The molecule has 0 unspecified atom stereocenters. The van der Waals surface area contributed by atoms with Crippen LogP contribution in [0.4, 0.5) is 0 Å². The number of aromatic amines is 1. The summed E-state index contributed by atoms with van der Waals surface area (Å²) in [5, 5.41) is 1.21. The minimum absolute atomic E-state index is 0.977. The standard InChI is InChI=1S/C9H7N3/c1-2-8-10-5-6-12(8)9-7(1)3-4-11-9/h1-6,11H. The summed E-state index contributed by atoms with van der Waals surface area (Å²) in [5.74, 6) is 0. The van der Waals surface area contributed by atoms with Gasteiger partial charge in [-0.05, 0) is 18.2 Å². The number of nitrogens with one attached hydrogen (secondary N) is 1. The zero-order chi connectivity index (χ0) is 7.97. The van der Waals surface area contributed by atoms with Gasteiger partial charge < -0.3 is 4.98 Å². The highest BCUT2D eigenvalue weighted by atomic mass is 15.0. The molecular formula is C9H7N3. The smallest absolute Gasteiger partial charge is 0.138 e. The molecule has 0 aliphatic heterocycles. The number of H-pyrrole nitrogens is 1. The fourth-order valence-corrected chi connectivity index (χ4v) is 1.51. The van der Waals surface area contributed by atoms with Crippen LogP contribution in [0.3, 0.4) is 0 Å². The van der Waals surface area contributed by atoms with Gasteiger partial charge in [0, 0.05) is 24.0 Å². The molecule has 3 heteroatoms. The van der Waals surface area contributed by atoms with E-state index in [1.165, 1.54) is 5.39 Å². The first kappa shape index (κ1) is 5.83. The Hall–Kier alpha value is -1.77. The molecule has 12 heavy (non-hydrogen) atoms. The van der Waals surface area contributed by atoms with Gasteiger partial charge in [0.1, 0.15) is 11.3 Å². The summed E-state index contributed by atoms with van der Waals surface area (Å²) < 4.78 is 2.04. The summed E-state index contributed by atoms with van der Waals surface area (Å²) in [4.78, 5) is 7.36. The lowest BCUT2D eigenvalue weighted by molar-refractivity contribution is 1.21. The number of rotatable bonds is 0. The molecule has 3 aromatic rings. The van der Waals surface area contributed by atoms with E-state index in [-0.39, 0.29) is 0 Å². The third-order valence-corrected chi connectivity index (χ3v) is 2.08. The fraction of sp³-hybridized carbons (Fsp3) is 0. The van der Waals surface area contributed by atoms with Gasteiger partial charge in [-0.3, -0.25) is 4.40 Å². The lowest BCUT2D eigenvalue weighted by atomic mass is 10.3. The van der Waals surface area contributed by atoms with Gasteiger partial charge in [0.05, 0.1) is 0 Å². The number of imidazole rings is 1. The number of pyridine rings is 1. The van der Waals surface area contributed by atoms with Crippen LogP contribution >= 0.6 is 0 Å². The van der Waals surface area contributed by atoms with Crippen LogP contribution in [-0.2, 0) is 0 Å². The van der Waals surface area contributed by atoms with E-state index in [1.807, 2.05) is 22.9 Å². The highest BCUT2D eigenvalue weighted by molar-refractivity contribution is 5.78. The summed E-state index contributed by atoms with van der Waals surface area (Å²) in [7, 11) is 0. The van der Waals surface area contributed by atoms with E-state index in [0.717, 1.165) is 11.3 Å². The second-order valence-electron chi connectivity index (χ2n) is 2.77. The van der Waals surface area contributed by atoms with Crippen LogP contribution < -0.4 is 0 Å². The predicted molar refractivity (Wildman–Crippen MR) is 47.0 cm³/mol. The van der Waals surface area contributed by atoms with E-state index >= 15 is 0 Å². The Bertz CT molecular complexity index is 483. The third kappa shape index (κ3) is 0.580. The predicted octanol–water partition coefficient (Wildman–Crippen LogP) is 1.82. The molecule has 58 valence electrons. The zero-order valence-corrected chi connectivity index (χ0v) is 6.36. The number of hydrogen-bond donors (Lipinski definition) is 1.